The minimum absolute atomic E-state index is 0.519. The van der Waals surface area contributed by atoms with Crippen molar-refractivity contribution in [1.29, 1.82) is 0 Å². The normalized spacial score (nSPS) is 12.0. The summed E-state index contributed by atoms with van der Waals surface area (Å²) in [6, 6.07) is 7.20. The van der Waals surface area contributed by atoms with Crippen molar-refractivity contribution >= 4 is 34.7 Å². The van der Waals surface area contributed by atoms with E-state index >= 15 is 0 Å². The summed E-state index contributed by atoms with van der Waals surface area (Å²) in [6.07, 6.45) is 2.57. The lowest BCUT2D eigenvalue weighted by atomic mass is 10.1. The highest BCUT2D eigenvalue weighted by molar-refractivity contribution is 6.31. The van der Waals surface area contributed by atoms with E-state index < -0.39 is 6.10 Å². The van der Waals surface area contributed by atoms with Gasteiger partial charge < -0.3 is 15.7 Å². The molecule has 8 heteroatoms. The van der Waals surface area contributed by atoms with Gasteiger partial charge in [0, 0.05) is 28.0 Å². The van der Waals surface area contributed by atoms with E-state index in [0.29, 0.717) is 28.0 Å². The number of aryl methyl sites for hydroxylation is 1. The second-order valence-electron chi connectivity index (χ2n) is 5.39. The first-order chi connectivity index (χ1) is 11.5. The molecule has 4 N–H and O–H groups in total. The predicted molar refractivity (Wildman–Crippen MR) is 94.0 cm³/mol. The first kappa shape index (κ1) is 16.2. The second kappa shape index (κ2) is 6.86. The van der Waals surface area contributed by atoms with Gasteiger partial charge in [0.15, 0.2) is 17.5 Å². The zero-order valence-electron chi connectivity index (χ0n) is 13.2. The van der Waals surface area contributed by atoms with Gasteiger partial charge in [-0.2, -0.15) is 5.10 Å². The molecule has 0 aliphatic heterocycles. The van der Waals surface area contributed by atoms with Crippen LogP contribution < -0.4 is 10.6 Å². The summed E-state index contributed by atoms with van der Waals surface area (Å²) >= 11 is 6.08. The molecule has 3 rings (SSSR count). The quantitative estimate of drug-likeness (QED) is 0.563. The van der Waals surface area contributed by atoms with Gasteiger partial charge in [-0.15, -0.1) is 0 Å². The Morgan fingerprint density at radius 2 is 1.88 bits per heavy atom. The highest BCUT2D eigenvalue weighted by atomic mass is 35.5. The van der Waals surface area contributed by atoms with Crippen LogP contribution in [0.1, 0.15) is 24.3 Å². The lowest BCUT2D eigenvalue weighted by Crippen LogP contribution is -2.00. The van der Waals surface area contributed by atoms with E-state index in [2.05, 4.69) is 30.8 Å². The van der Waals surface area contributed by atoms with Gasteiger partial charge in [-0.05, 0) is 32.0 Å². The Hall–Kier alpha value is -2.64. The lowest BCUT2D eigenvalue weighted by molar-refractivity contribution is 0.199. The van der Waals surface area contributed by atoms with Crippen LogP contribution in [0, 0.1) is 6.92 Å². The van der Waals surface area contributed by atoms with E-state index in [1.54, 1.807) is 31.5 Å². The molecule has 0 aliphatic carbocycles. The maximum atomic E-state index is 9.75. The zero-order chi connectivity index (χ0) is 17.1. The molecule has 1 unspecified atom stereocenters. The van der Waals surface area contributed by atoms with Gasteiger partial charge in [0.05, 0.1) is 18.5 Å². The third kappa shape index (κ3) is 3.81. The molecule has 1 aromatic carbocycles. The number of anilines is 4. The van der Waals surface area contributed by atoms with Crippen LogP contribution in [0.15, 0.2) is 36.7 Å². The minimum Gasteiger partial charge on any atom is -0.389 e. The van der Waals surface area contributed by atoms with Crippen LogP contribution in [0.3, 0.4) is 0 Å². The van der Waals surface area contributed by atoms with Crippen molar-refractivity contribution in [1.82, 2.24) is 20.2 Å². The van der Waals surface area contributed by atoms with Crippen molar-refractivity contribution in [3.63, 3.8) is 0 Å². The maximum absolute atomic E-state index is 9.75. The molecule has 7 nitrogen and oxygen atoms in total. The molecule has 3 aromatic rings. The number of nitrogens with one attached hydrogen (secondary N) is 3. The number of hydrogen-bond donors (Lipinski definition) is 4. The topological polar surface area (TPSA) is 98.8 Å². The average Bonchev–Trinajstić information content (AvgIpc) is 2.94. The van der Waals surface area contributed by atoms with Crippen LogP contribution in [-0.4, -0.2) is 25.3 Å². The third-order valence-corrected chi connectivity index (χ3v) is 3.66. The first-order valence-electron chi connectivity index (χ1n) is 7.37. The van der Waals surface area contributed by atoms with Crippen LogP contribution in [0.2, 0.25) is 5.02 Å². The van der Waals surface area contributed by atoms with Crippen LogP contribution in [0.4, 0.5) is 23.1 Å². The van der Waals surface area contributed by atoms with Gasteiger partial charge in [0.25, 0.3) is 0 Å². The summed E-state index contributed by atoms with van der Waals surface area (Å²) in [7, 11) is 0. The number of benzene rings is 1. The van der Waals surface area contributed by atoms with Gasteiger partial charge in [-0.1, -0.05) is 11.6 Å². The highest BCUT2D eigenvalue weighted by Crippen LogP contribution is 2.27. The molecule has 0 bridgehead atoms. The Morgan fingerprint density at radius 3 is 2.54 bits per heavy atom. The number of rotatable bonds is 5. The second-order valence-corrected chi connectivity index (χ2v) is 5.80. The molecule has 0 saturated heterocycles. The van der Waals surface area contributed by atoms with Crippen LogP contribution in [-0.2, 0) is 0 Å². The van der Waals surface area contributed by atoms with E-state index in [1.807, 2.05) is 19.1 Å². The van der Waals surface area contributed by atoms with E-state index in [9.17, 15) is 5.11 Å². The summed E-state index contributed by atoms with van der Waals surface area (Å²) in [5.74, 6) is 1.80. The Labute approximate surface area is 144 Å². The molecule has 124 valence electrons. The third-order valence-electron chi connectivity index (χ3n) is 3.32. The van der Waals surface area contributed by atoms with E-state index in [4.69, 9.17) is 11.6 Å². The number of aromatic amines is 1. The Kier molecular flexibility index (Phi) is 4.64. The molecule has 0 radical (unpaired) electrons. The number of aromatic nitrogens is 4. The maximum Gasteiger partial charge on any atom is 0.153 e. The van der Waals surface area contributed by atoms with Gasteiger partial charge in [0.2, 0.25) is 0 Å². The van der Waals surface area contributed by atoms with E-state index in [1.165, 1.54) is 0 Å². The van der Waals surface area contributed by atoms with Crippen molar-refractivity contribution < 1.29 is 5.11 Å². The molecule has 1 atom stereocenters. The molecule has 0 saturated carbocycles. The number of aliphatic hydroxyl groups excluding tert-OH is 1. The van der Waals surface area contributed by atoms with Crippen molar-refractivity contribution in [3.05, 3.63) is 52.9 Å². The van der Waals surface area contributed by atoms with Gasteiger partial charge in [0.1, 0.15) is 0 Å². The highest BCUT2D eigenvalue weighted by Gasteiger charge is 2.08. The van der Waals surface area contributed by atoms with Gasteiger partial charge in [-0.3, -0.25) is 10.1 Å². The fraction of sp³-hybridized carbons (Fsp3) is 0.188. The average molecular weight is 345 g/mol. The Balaban J connectivity index is 1.78. The number of hydrogen-bond acceptors (Lipinski definition) is 6. The fourth-order valence-corrected chi connectivity index (χ4v) is 2.46. The summed E-state index contributed by atoms with van der Waals surface area (Å²) in [5, 5.41) is 23.4. The SMILES string of the molecule is Cc1cc(Nc2cncc(Nc3ccc(Cl)c(C(C)O)c3)n2)n[nH]1. The first-order valence-corrected chi connectivity index (χ1v) is 7.74. The molecular formula is C16H17ClN6O. The van der Waals surface area contributed by atoms with Gasteiger partial charge in [-0.25, -0.2) is 4.98 Å². The molecule has 0 spiro atoms. The summed E-state index contributed by atoms with van der Waals surface area (Å²) in [5.41, 5.74) is 2.36. The van der Waals surface area contributed by atoms with Crippen LogP contribution >= 0.6 is 11.6 Å². The van der Waals surface area contributed by atoms with Crippen molar-refractivity contribution in [2.45, 2.75) is 20.0 Å². The smallest absolute Gasteiger partial charge is 0.153 e. The molecular weight excluding hydrogens is 328 g/mol. The monoisotopic (exact) mass is 344 g/mol. The van der Waals surface area contributed by atoms with Gasteiger partial charge >= 0.3 is 0 Å². The number of halogens is 1. The number of aliphatic hydroxyl groups is 1. The lowest BCUT2D eigenvalue weighted by Gasteiger charge is -2.12. The number of H-pyrrole nitrogens is 1. The minimum atomic E-state index is -0.652. The van der Waals surface area contributed by atoms with Crippen molar-refractivity contribution in [3.8, 4) is 0 Å². The standard InChI is InChI=1S/C16H17ClN6O/c1-9-5-14(23-22-9)20-16-8-18-7-15(21-16)19-11-3-4-13(17)12(6-11)10(2)24/h3-8,10,24H,1-2H3,(H3,19,20,21,22,23). The van der Waals surface area contributed by atoms with Crippen LogP contribution in [0.5, 0.6) is 0 Å². The van der Waals surface area contributed by atoms with E-state index in [-0.39, 0.29) is 0 Å². The van der Waals surface area contributed by atoms with Crippen molar-refractivity contribution in [2.75, 3.05) is 10.6 Å². The summed E-state index contributed by atoms with van der Waals surface area (Å²) < 4.78 is 0. The predicted octanol–water partition coefficient (Wildman–Crippen LogP) is 3.70. The molecule has 24 heavy (non-hydrogen) atoms. The zero-order valence-corrected chi connectivity index (χ0v) is 14.0. The van der Waals surface area contributed by atoms with Crippen LogP contribution in [0.25, 0.3) is 0 Å². The molecule has 2 heterocycles. The largest absolute Gasteiger partial charge is 0.389 e. The summed E-state index contributed by atoms with van der Waals surface area (Å²) in [4.78, 5) is 8.59. The fourth-order valence-electron chi connectivity index (χ4n) is 2.19. The van der Waals surface area contributed by atoms with E-state index in [0.717, 1.165) is 11.4 Å². The molecule has 0 aliphatic rings. The van der Waals surface area contributed by atoms with Crippen molar-refractivity contribution in [2.24, 2.45) is 0 Å². The Bertz CT molecular complexity index is 848. The molecule has 0 fully saturated rings. The molecule has 0 amide bonds. The molecule has 2 aromatic heterocycles. The number of nitrogens with zero attached hydrogens (tertiary/aromatic N) is 3. The Morgan fingerprint density at radius 1 is 1.12 bits per heavy atom. The summed E-state index contributed by atoms with van der Waals surface area (Å²) in [6.45, 7) is 3.59.